The van der Waals surface area contributed by atoms with E-state index in [1.807, 2.05) is 6.92 Å². The molecule has 96 valence electrons. The van der Waals surface area contributed by atoms with E-state index in [4.69, 9.17) is 0 Å². The highest BCUT2D eigenvalue weighted by Gasteiger charge is 2.05. The van der Waals surface area contributed by atoms with E-state index >= 15 is 0 Å². The molecule has 0 unspecified atom stereocenters. The molecule has 17 heavy (non-hydrogen) atoms. The number of nitrogens with zero attached hydrogens (tertiary/aromatic N) is 3. The molecule has 0 atom stereocenters. The zero-order valence-electron chi connectivity index (χ0n) is 11.2. The van der Waals surface area contributed by atoms with Crippen molar-refractivity contribution in [2.24, 2.45) is 0 Å². The second-order valence-corrected chi connectivity index (χ2v) is 4.31. The van der Waals surface area contributed by atoms with E-state index in [-0.39, 0.29) is 0 Å². The summed E-state index contributed by atoms with van der Waals surface area (Å²) in [6.07, 6.45) is 2.70. The van der Waals surface area contributed by atoms with Crippen molar-refractivity contribution in [3.63, 3.8) is 0 Å². The summed E-state index contributed by atoms with van der Waals surface area (Å²) in [7, 11) is 4.17. The van der Waals surface area contributed by atoms with Crippen LogP contribution in [0.15, 0.2) is 6.33 Å². The van der Waals surface area contributed by atoms with E-state index < -0.39 is 0 Å². The largest absolute Gasteiger partial charge is 0.370 e. The first-order valence-electron chi connectivity index (χ1n) is 6.09. The van der Waals surface area contributed by atoms with Crippen molar-refractivity contribution in [2.75, 3.05) is 44.4 Å². The van der Waals surface area contributed by atoms with Crippen LogP contribution in [-0.2, 0) is 0 Å². The lowest BCUT2D eigenvalue weighted by atomic mass is 10.3. The molecule has 1 heterocycles. The fraction of sp³-hybridized carbons (Fsp3) is 0.667. The maximum Gasteiger partial charge on any atom is 0.134 e. The molecule has 0 spiro atoms. The topological polar surface area (TPSA) is 53.1 Å². The predicted molar refractivity (Wildman–Crippen MR) is 72.6 cm³/mol. The summed E-state index contributed by atoms with van der Waals surface area (Å²) in [4.78, 5) is 10.7. The van der Waals surface area contributed by atoms with Crippen LogP contribution in [0.3, 0.4) is 0 Å². The fourth-order valence-electron chi connectivity index (χ4n) is 1.58. The minimum absolute atomic E-state index is 0.873. The van der Waals surface area contributed by atoms with Crippen LogP contribution >= 0.6 is 0 Å². The molecule has 1 aromatic heterocycles. The number of rotatable bonds is 7. The maximum atomic E-state index is 4.26. The van der Waals surface area contributed by atoms with Crippen molar-refractivity contribution in [1.82, 2.24) is 14.9 Å². The summed E-state index contributed by atoms with van der Waals surface area (Å²) in [6.45, 7) is 6.98. The van der Waals surface area contributed by atoms with Crippen LogP contribution < -0.4 is 10.6 Å². The molecule has 0 aliphatic rings. The van der Waals surface area contributed by atoms with E-state index in [9.17, 15) is 0 Å². The van der Waals surface area contributed by atoms with Gasteiger partial charge in [-0.3, -0.25) is 0 Å². The molecule has 0 aromatic carbocycles. The summed E-state index contributed by atoms with van der Waals surface area (Å²) in [5.74, 6) is 1.84. The Morgan fingerprint density at radius 3 is 2.41 bits per heavy atom. The van der Waals surface area contributed by atoms with Crippen molar-refractivity contribution in [3.8, 4) is 0 Å². The molecule has 0 saturated carbocycles. The van der Waals surface area contributed by atoms with Gasteiger partial charge in [0.1, 0.15) is 18.0 Å². The molecule has 0 aliphatic heterocycles. The Balaban J connectivity index is 2.50. The molecule has 0 saturated heterocycles. The van der Waals surface area contributed by atoms with E-state index in [1.165, 1.54) is 0 Å². The highest BCUT2D eigenvalue weighted by atomic mass is 15.1. The number of nitrogens with one attached hydrogen (secondary N) is 2. The Morgan fingerprint density at radius 2 is 1.82 bits per heavy atom. The molecular weight excluding hydrogens is 214 g/mol. The SMILES string of the molecule is CCNc1ncnc(NCCCN(C)C)c1C. The van der Waals surface area contributed by atoms with Crippen LogP contribution in [0.1, 0.15) is 18.9 Å². The second-order valence-electron chi connectivity index (χ2n) is 4.31. The van der Waals surface area contributed by atoms with Crippen molar-refractivity contribution < 1.29 is 0 Å². The van der Waals surface area contributed by atoms with Gasteiger partial charge >= 0.3 is 0 Å². The molecule has 5 heteroatoms. The van der Waals surface area contributed by atoms with Crippen molar-refractivity contribution in [1.29, 1.82) is 0 Å². The molecule has 0 bridgehead atoms. The Hall–Kier alpha value is -1.36. The Labute approximate surface area is 104 Å². The van der Waals surface area contributed by atoms with Crippen LogP contribution in [-0.4, -0.2) is 48.6 Å². The average Bonchev–Trinajstić information content (AvgIpc) is 2.29. The molecule has 5 nitrogen and oxygen atoms in total. The molecule has 1 aromatic rings. The maximum absolute atomic E-state index is 4.26. The van der Waals surface area contributed by atoms with E-state index in [2.05, 4.69) is 46.5 Å². The number of aromatic nitrogens is 2. The van der Waals surface area contributed by atoms with Gasteiger partial charge in [0.25, 0.3) is 0 Å². The number of hydrogen-bond donors (Lipinski definition) is 2. The lowest BCUT2D eigenvalue weighted by molar-refractivity contribution is 0.405. The smallest absolute Gasteiger partial charge is 0.134 e. The second kappa shape index (κ2) is 7.06. The van der Waals surface area contributed by atoms with Gasteiger partial charge in [-0.1, -0.05) is 0 Å². The first-order valence-corrected chi connectivity index (χ1v) is 6.09. The lowest BCUT2D eigenvalue weighted by Gasteiger charge is -2.13. The standard InChI is InChI=1S/C12H23N5/c1-5-13-11-10(2)12(16-9-15-11)14-7-6-8-17(3)4/h9H,5-8H2,1-4H3,(H2,13,14,15,16). The van der Waals surface area contributed by atoms with Gasteiger partial charge in [0.15, 0.2) is 0 Å². The summed E-state index contributed by atoms with van der Waals surface area (Å²) in [6, 6.07) is 0. The fourth-order valence-corrected chi connectivity index (χ4v) is 1.58. The summed E-state index contributed by atoms with van der Waals surface area (Å²) < 4.78 is 0. The van der Waals surface area contributed by atoms with Gasteiger partial charge in [-0.15, -0.1) is 0 Å². The number of anilines is 2. The molecule has 0 radical (unpaired) electrons. The van der Waals surface area contributed by atoms with Gasteiger partial charge < -0.3 is 15.5 Å². The Bertz CT molecular complexity index is 338. The minimum atomic E-state index is 0.873. The average molecular weight is 237 g/mol. The van der Waals surface area contributed by atoms with Crippen LogP contribution in [0.4, 0.5) is 11.6 Å². The molecule has 0 amide bonds. The quantitative estimate of drug-likeness (QED) is 0.705. The van der Waals surface area contributed by atoms with Gasteiger partial charge in [-0.25, -0.2) is 9.97 Å². The Morgan fingerprint density at radius 1 is 1.18 bits per heavy atom. The van der Waals surface area contributed by atoms with Crippen LogP contribution in [0, 0.1) is 6.92 Å². The van der Waals surface area contributed by atoms with Crippen LogP contribution in [0.2, 0.25) is 0 Å². The van der Waals surface area contributed by atoms with E-state index in [0.717, 1.165) is 43.3 Å². The van der Waals surface area contributed by atoms with E-state index in [1.54, 1.807) is 6.33 Å². The zero-order chi connectivity index (χ0) is 12.7. The third kappa shape index (κ3) is 4.56. The summed E-state index contributed by atoms with van der Waals surface area (Å²) in [5.41, 5.74) is 1.08. The van der Waals surface area contributed by atoms with Gasteiger partial charge in [-0.05, 0) is 40.9 Å². The third-order valence-corrected chi connectivity index (χ3v) is 2.50. The zero-order valence-corrected chi connectivity index (χ0v) is 11.2. The van der Waals surface area contributed by atoms with Crippen molar-refractivity contribution >= 4 is 11.6 Å². The predicted octanol–water partition coefficient (Wildman–Crippen LogP) is 1.58. The van der Waals surface area contributed by atoms with Crippen LogP contribution in [0.5, 0.6) is 0 Å². The third-order valence-electron chi connectivity index (χ3n) is 2.50. The van der Waals surface area contributed by atoms with E-state index in [0.29, 0.717) is 0 Å². The minimum Gasteiger partial charge on any atom is -0.370 e. The van der Waals surface area contributed by atoms with Crippen molar-refractivity contribution in [2.45, 2.75) is 20.3 Å². The van der Waals surface area contributed by atoms with Gasteiger partial charge in [0.2, 0.25) is 0 Å². The first-order chi connectivity index (χ1) is 8.15. The van der Waals surface area contributed by atoms with Crippen LogP contribution in [0.25, 0.3) is 0 Å². The molecular formula is C12H23N5. The first kappa shape index (κ1) is 13.7. The summed E-state index contributed by atoms with van der Waals surface area (Å²) >= 11 is 0. The summed E-state index contributed by atoms with van der Waals surface area (Å²) in [5, 5.41) is 6.57. The molecule has 0 fully saturated rings. The molecule has 1 rings (SSSR count). The number of hydrogen-bond acceptors (Lipinski definition) is 5. The van der Waals surface area contributed by atoms with Crippen molar-refractivity contribution in [3.05, 3.63) is 11.9 Å². The highest BCUT2D eigenvalue weighted by Crippen LogP contribution is 2.17. The van der Waals surface area contributed by atoms with Gasteiger partial charge in [-0.2, -0.15) is 0 Å². The molecule has 2 N–H and O–H groups in total. The highest BCUT2D eigenvalue weighted by molar-refractivity contribution is 5.56. The van der Waals surface area contributed by atoms with Gasteiger partial charge in [0, 0.05) is 18.7 Å². The van der Waals surface area contributed by atoms with Gasteiger partial charge in [0.05, 0.1) is 0 Å². The monoisotopic (exact) mass is 237 g/mol. The lowest BCUT2D eigenvalue weighted by Crippen LogP contribution is -2.17. The normalized spacial score (nSPS) is 10.6. The Kier molecular flexibility index (Phi) is 5.69. The molecule has 0 aliphatic carbocycles.